The van der Waals surface area contributed by atoms with E-state index in [-0.39, 0.29) is 11.7 Å². The number of anilines is 1. The van der Waals surface area contributed by atoms with Gasteiger partial charge in [-0.3, -0.25) is 10.1 Å². The number of thioether (sulfide) groups is 1. The number of amides is 2. The van der Waals surface area contributed by atoms with Crippen LogP contribution in [0.25, 0.3) is 0 Å². The number of non-ortho nitro benzene ring substituents is 1. The summed E-state index contributed by atoms with van der Waals surface area (Å²) in [5.41, 5.74) is 1.30. The molecule has 2 amide bonds. The number of nitrogens with zero attached hydrogens (tertiary/aromatic N) is 1. The minimum Gasteiger partial charge on any atom is -0.331 e. The van der Waals surface area contributed by atoms with Crippen molar-refractivity contribution in [3.8, 4) is 0 Å². The highest BCUT2D eigenvalue weighted by atomic mass is 35.5. The SMILES string of the molecule is O=C(Nc1cccc([N+](=O)[O-])c1)N[C@H]1CCSc2ccc(Cl)cc21. The van der Waals surface area contributed by atoms with Crippen molar-refractivity contribution < 1.29 is 9.72 Å². The second-order valence-corrected chi connectivity index (χ2v) is 6.85. The van der Waals surface area contributed by atoms with E-state index in [4.69, 9.17) is 11.6 Å². The molecule has 0 unspecified atom stereocenters. The Labute approximate surface area is 147 Å². The Morgan fingerprint density at radius 2 is 2.12 bits per heavy atom. The minimum atomic E-state index is -0.500. The van der Waals surface area contributed by atoms with Gasteiger partial charge >= 0.3 is 6.03 Å². The first-order valence-corrected chi connectivity index (χ1v) is 8.63. The maximum absolute atomic E-state index is 12.2. The van der Waals surface area contributed by atoms with E-state index in [0.29, 0.717) is 10.7 Å². The van der Waals surface area contributed by atoms with Crippen LogP contribution in [0.4, 0.5) is 16.2 Å². The normalized spacial score (nSPS) is 16.1. The average Bonchev–Trinajstić information content (AvgIpc) is 2.55. The quantitative estimate of drug-likeness (QED) is 0.616. The van der Waals surface area contributed by atoms with Gasteiger partial charge in [0.05, 0.1) is 11.0 Å². The Morgan fingerprint density at radius 3 is 2.92 bits per heavy atom. The van der Waals surface area contributed by atoms with Crippen LogP contribution in [0.3, 0.4) is 0 Å². The molecular weight excluding hydrogens is 350 g/mol. The lowest BCUT2D eigenvalue weighted by molar-refractivity contribution is -0.384. The van der Waals surface area contributed by atoms with Gasteiger partial charge in [0.2, 0.25) is 0 Å². The number of carbonyl (C=O) groups is 1. The number of nitrogens with one attached hydrogen (secondary N) is 2. The summed E-state index contributed by atoms with van der Waals surface area (Å²) in [5, 5.41) is 17.0. The van der Waals surface area contributed by atoms with Gasteiger partial charge in [0, 0.05) is 33.5 Å². The first-order chi connectivity index (χ1) is 11.5. The molecule has 1 aliphatic heterocycles. The second-order valence-electron chi connectivity index (χ2n) is 5.28. The summed E-state index contributed by atoms with van der Waals surface area (Å²) in [6.07, 6.45) is 0.792. The maximum Gasteiger partial charge on any atom is 0.319 e. The fourth-order valence-corrected chi connectivity index (χ4v) is 3.82. The number of benzene rings is 2. The fourth-order valence-electron chi connectivity index (χ4n) is 2.54. The molecule has 8 heteroatoms. The van der Waals surface area contributed by atoms with Crippen LogP contribution in [0.2, 0.25) is 5.02 Å². The molecule has 6 nitrogen and oxygen atoms in total. The molecule has 2 N–H and O–H groups in total. The van der Waals surface area contributed by atoms with Crippen molar-refractivity contribution in [3.05, 3.63) is 63.2 Å². The highest BCUT2D eigenvalue weighted by molar-refractivity contribution is 7.99. The Kier molecular flexibility index (Phi) is 4.92. The van der Waals surface area contributed by atoms with E-state index in [1.165, 1.54) is 18.2 Å². The van der Waals surface area contributed by atoms with E-state index < -0.39 is 11.0 Å². The van der Waals surface area contributed by atoms with Crippen LogP contribution >= 0.6 is 23.4 Å². The largest absolute Gasteiger partial charge is 0.331 e. The van der Waals surface area contributed by atoms with Crippen LogP contribution in [-0.2, 0) is 0 Å². The zero-order valence-electron chi connectivity index (χ0n) is 12.5. The molecule has 24 heavy (non-hydrogen) atoms. The number of fused-ring (bicyclic) bond motifs is 1. The standard InChI is InChI=1S/C16H14ClN3O3S/c17-10-4-5-15-13(8-10)14(6-7-24-15)19-16(21)18-11-2-1-3-12(9-11)20(22)23/h1-5,8-9,14H,6-7H2,(H2,18,19,21)/t14-/m0/s1. The Bertz CT molecular complexity index is 800. The van der Waals surface area contributed by atoms with E-state index in [0.717, 1.165) is 22.6 Å². The van der Waals surface area contributed by atoms with Crippen LogP contribution in [0.1, 0.15) is 18.0 Å². The third-order valence-corrected chi connectivity index (χ3v) is 4.99. The molecule has 0 spiro atoms. The third-order valence-electron chi connectivity index (χ3n) is 3.63. The van der Waals surface area contributed by atoms with Gasteiger partial charge in [-0.25, -0.2) is 4.79 Å². The van der Waals surface area contributed by atoms with E-state index in [1.807, 2.05) is 18.2 Å². The fraction of sp³-hybridized carbons (Fsp3) is 0.188. The van der Waals surface area contributed by atoms with E-state index in [1.54, 1.807) is 17.8 Å². The number of nitro groups is 1. The average molecular weight is 364 g/mol. The Hall–Kier alpha value is -2.25. The second kappa shape index (κ2) is 7.11. The summed E-state index contributed by atoms with van der Waals surface area (Å²) < 4.78 is 0. The summed E-state index contributed by atoms with van der Waals surface area (Å²) in [6.45, 7) is 0. The Morgan fingerprint density at radius 1 is 1.29 bits per heavy atom. The van der Waals surface area contributed by atoms with Crippen molar-refractivity contribution >= 4 is 40.8 Å². The monoisotopic (exact) mass is 363 g/mol. The molecule has 1 aliphatic rings. The minimum absolute atomic E-state index is 0.0704. The van der Waals surface area contributed by atoms with Crippen LogP contribution < -0.4 is 10.6 Å². The van der Waals surface area contributed by atoms with Gasteiger partial charge in [-0.15, -0.1) is 11.8 Å². The number of nitro benzene ring substituents is 1. The summed E-state index contributed by atoms with van der Waals surface area (Å²) in [7, 11) is 0. The number of rotatable bonds is 3. The first-order valence-electron chi connectivity index (χ1n) is 7.27. The molecule has 0 saturated carbocycles. The van der Waals surface area contributed by atoms with Gasteiger partial charge in [0.1, 0.15) is 0 Å². The molecular formula is C16H14ClN3O3S. The molecule has 0 radical (unpaired) electrons. The lowest BCUT2D eigenvalue weighted by atomic mass is 10.0. The predicted octanol–water partition coefficient (Wildman–Crippen LogP) is 4.61. The van der Waals surface area contributed by atoms with Crippen molar-refractivity contribution in [2.75, 3.05) is 11.1 Å². The maximum atomic E-state index is 12.2. The highest BCUT2D eigenvalue weighted by Gasteiger charge is 2.22. The van der Waals surface area contributed by atoms with E-state index in [9.17, 15) is 14.9 Å². The van der Waals surface area contributed by atoms with Crippen molar-refractivity contribution in [1.29, 1.82) is 0 Å². The van der Waals surface area contributed by atoms with Crippen LogP contribution in [0, 0.1) is 10.1 Å². The molecule has 124 valence electrons. The zero-order valence-corrected chi connectivity index (χ0v) is 14.1. The van der Waals surface area contributed by atoms with Gasteiger partial charge in [-0.2, -0.15) is 0 Å². The van der Waals surface area contributed by atoms with Crippen molar-refractivity contribution in [2.24, 2.45) is 0 Å². The number of urea groups is 1. The number of halogens is 1. The molecule has 0 aliphatic carbocycles. The molecule has 1 atom stereocenters. The van der Waals surface area contributed by atoms with Crippen molar-refractivity contribution in [2.45, 2.75) is 17.4 Å². The molecule has 1 heterocycles. The van der Waals surface area contributed by atoms with Crippen LogP contribution in [-0.4, -0.2) is 16.7 Å². The summed E-state index contributed by atoms with van der Waals surface area (Å²) in [4.78, 5) is 23.6. The van der Waals surface area contributed by atoms with Gasteiger partial charge in [-0.05, 0) is 36.2 Å². The smallest absolute Gasteiger partial charge is 0.319 e. The Balaban J connectivity index is 1.71. The van der Waals surface area contributed by atoms with Gasteiger partial charge in [-0.1, -0.05) is 17.7 Å². The highest BCUT2D eigenvalue weighted by Crippen LogP contribution is 2.37. The van der Waals surface area contributed by atoms with E-state index >= 15 is 0 Å². The van der Waals surface area contributed by atoms with Crippen molar-refractivity contribution in [1.82, 2.24) is 5.32 Å². The topological polar surface area (TPSA) is 84.3 Å². The van der Waals surface area contributed by atoms with Gasteiger partial charge in [0.25, 0.3) is 5.69 Å². The number of carbonyl (C=O) groups excluding carboxylic acids is 1. The molecule has 0 bridgehead atoms. The zero-order chi connectivity index (χ0) is 17.1. The molecule has 0 fully saturated rings. The lowest BCUT2D eigenvalue weighted by Crippen LogP contribution is -2.34. The summed E-state index contributed by atoms with van der Waals surface area (Å²) in [5.74, 6) is 0.899. The third kappa shape index (κ3) is 3.80. The van der Waals surface area contributed by atoms with Gasteiger partial charge in [0.15, 0.2) is 0 Å². The predicted molar refractivity (Wildman–Crippen MR) is 94.8 cm³/mol. The summed E-state index contributed by atoms with van der Waals surface area (Å²) >= 11 is 7.79. The number of hydrogen-bond acceptors (Lipinski definition) is 4. The van der Waals surface area contributed by atoms with Crippen molar-refractivity contribution in [3.63, 3.8) is 0 Å². The van der Waals surface area contributed by atoms with Gasteiger partial charge < -0.3 is 10.6 Å². The lowest BCUT2D eigenvalue weighted by Gasteiger charge is -2.26. The van der Waals surface area contributed by atoms with Crippen LogP contribution in [0.15, 0.2) is 47.4 Å². The molecule has 0 aromatic heterocycles. The number of hydrogen-bond donors (Lipinski definition) is 2. The molecule has 3 rings (SSSR count). The molecule has 0 saturated heterocycles. The first kappa shape index (κ1) is 16.6. The van der Waals surface area contributed by atoms with E-state index in [2.05, 4.69) is 10.6 Å². The summed E-state index contributed by atoms with van der Waals surface area (Å²) in [6, 6.07) is 10.9. The molecule has 2 aromatic rings. The van der Waals surface area contributed by atoms with Crippen LogP contribution in [0.5, 0.6) is 0 Å². The molecule has 2 aromatic carbocycles.